The Labute approximate surface area is 102 Å². The van der Waals surface area contributed by atoms with Gasteiger partial charge in [-0.3, -0.25) is 0 Å². The average Bonchev–Trinajstić information content (AvgIpc) is 2.78. The first-order chi connectivity index (χ1) is 8.05. The van der Waals surface area contributed by atoms with Gasteiger partial charge in [-0.25, -0.2) is 8.42 Å². The Morgan fingerprint density at radius 3 is 2.53 bits per heavy atom. The summed E-state index contributed by atoms with van der Waals surface area (Å²) in [4.78, 5) is 0.369. The molecule has 0 bridgehead atoms. The SMILES string of the molecule is CS(=O)(=O)c1ccc(/C=C/C2CCCN2)cc1. The highest BCUT2D eigenvalue weighted by Crippen LogP contribution is 2.13. The van der Waals surface area contributed by atoms with Gasteiger partial charge in [-0.15, -0.1) is 0 Å². The molecule has 1 saturated heterocycles. The van der Waals surface area contributed by atoms with Crippen molar-refractivity contribution in [2.45, 2.75) is 23.8 Å². The van der Waals surface area contributed by atoms with Gasteiger partial charge in [-0.1, -0.05) is 24.3 Å². The molecule has 0 aromatic heterocycles. The Morgan fingerprint density at radius 2 is 2.00 bits per heavy atom. The van der Waals surface area contributed by atoms with E-state index in [0.29, 0.717) is 10.9 Å². The molecule has 1 fully saturated rings. The van der Waals surface area contributed by atoms with Gasteiger partial charge in [-0.2, -0.15) is 0 Å². The second-order valence-corrected chi connectivity index (χ2v) is 6.42. The Balaban J connectivity index is 2.08. The van der Waals surface area contributed by atoms with Gasteiger partial charge in [0.05, 0.1) is 4.90 Å². The summed E-state index contributed by atoms with van der Waals surface area (Å²) in [6.45, 7) is 1.09. The van der Waals surface area contributed by atoms with E-state index in [0.717, 1.165) is 12.1 Å². The normalized spacial score (nSPS) is 21.1. The standard InChI is InChI=1S/C13H17NO2S/c1-17(15,16)13-8-5-11(6-9-13)4-7-12-3-2-10-14-12/h4-9,12,14H,2-3,10H2,1H3/b7-4+. The molecule has 1 unspecified atom stereocenters. The van der Waals surface area contributed by atoms with Crippen LogP contribution in [0.5, 0.6) is 0 Å². The molecule has 0 radical (unpaired) electrons. The predicted octanol–water partition coefficient (Wildman–Crippen LogP) is 1.86. The van der Waals surface area contributed by atoms with Crippen molar-refractivity contribution in [1.82, 2.24) is 5.32 Å². The first-order valence-electron chi connectivity index (χ1n) is 5.77. The molecular formula is C13H17NO2S. The monoisotopic (exact) mass is 251 g/mol. The smallest absolute Gasteiger partial charge is 0.175 e. The topological polar surface area (TPSA) is 46.2 Å². The van der Waals surface area contributed by atoms with Crippen LogP contribution in [0.25, 0.3) is 6.08 Å². The molecule has 1 atom stereocenters. The van der Waals surface area contributed by atoms with E-state index in [4.69, 9.17) is 0 Å². The van der Waals surface area contributed by atoms with Gasteiger partial charge in [0.1, 0.15) is 0 Å². The summed E-state index contributed by atoms with van der Waals surface area (Å²) in [5.74, 6) is 0. The summed E-state index contributed by atoms with van der Waals surface area (Å²) in [6.07, 6.45) is 7.80. The first-order valence-corrected chi connectivity index (χ1v) is 7.66. The third-order valence-electron chi connectivity index (χ3n) is 2.93. The van der Waals surface area contributed by atoms with Gasteiger partial charge >= 0.3 is 0 Å². The van der Waals surface area contributed by atoms with Crippen LogP contribution in [0.2, 0.25) is 0 Å². The summed E-state index contributed by atoms with van der Waals surface area (Å²) in [6, 6.07) is 7.43. The number of sulfone groups is 1. The van der Waals surface area contributed by atoms with Crippen molar-refractivity contribution in [2.75, 3.05) is 12.8 Å². The molecule has 1 aliphatic rings. The van der Waals surface area contributed by atoms with E-state index in [1.165, 1.54) is 19.1 Å². The van der Waals surface area contributed by atoms with Crippen LogP contribution < -0.4 is 5.32 Å². The molecule has 1 N–H and O–H groups in total. The van der Waals surface area contributed by atoms with Crippen LogP contribution in [-0.2, 0) is 9.84 Å². The van der Waals surface area contributed by atoms with Gasteiger partial charge < -0.3 is 5.32 Å². The summed E-state index contributed by atoms with van der Waals surface area (Å²) < 4.78 is 22.6. The molecule has 0 aliphatic carbocycles. The number of nitrogens with one attached hydrogen (secondary N) is 1. The fraction of sp³-hybridized carbons (Fsp3) is 0.385. The maximum absolute atomic E-state index is 11.3. The molecule has 92 valence electrons. The lowest BCUT2D eigenvalue weighted by Crippen LogP contribution is -2.17. The highest BCUT2D eigenvalue weighted by Gasteiger charge is 2.09. The van der Waals surface area contributed by atoms with Crippen molar-refractivity contribution in [2.24, 2.45) is 0 Å². The minimum atomic E-state index is -3.09. The highest BCUT2D eigenvalue weighted by atomic mass is 32.2. The number of hydrogen-bond acceptors (Lipinski definition) is 3. The summed E-state index contributed by atoms with van der Waals surface area (Å²) in [5, 5.41) is 3.38. The fourth-order valence-corrected chi connectivity index (χ4v) is 2.56. The van der Waals surface area contributed by atoms with Crippen LogP contribution in [0.15, 0.2) is 35.2 Å². The van der Waals surface area contributed by atoms with Crippen molar-refractivity contribution in [3.8, 4) is 0 Å². The quantitative estimate of drug-likeness (QED) is 0.892. The lowest BCUT2D eigenvalue weighted by atomic mass is 10.1. The molecule has 1 aliphatic heterocycles. The third kappa shape index (κ3) is 3.41. The number of rotatable bonds is 3. The van der Waals surface area contributed by atoms with Crippen LogP contribution in [-0.4, -0.2) is 27.3 Å². The van der Waals surface area contributed by atoms with Crippen LogP contribution in [0.1, 0.15) is 18.4 Å². The minimum absolute atomic E-state index is 0.369. The van der Waals surface area contributed by atoms with Gasteiger partial charge in [0.15, 0.2) is 9.84 Å². The zero-order valence-electron chi connectivity index (χ0n) is 9.89. The lowest BCUT2D eigenvalue weighted by Gasteiger charge is -2.02. The summed E-state index contributed by atoms with van der Waals surface area (Å²) >= 11 is 0. The Bertz CT molecular complexity index is 497. The molecule has 1 heterocycles. The summed E-state index contributed by atoms with van der Waals surface area (Å²) in [7, 11) is -3.09. The average molecular weight is 251 g/mol. The largest absolute Gasteiger partial charge is 0.311 e. The fourth-order valence-electron chi connectivity index (χ4n) is 1.93. The zero-order chi connectivity index (χ0) is 12.3. The lowest BCUT2D eigenvalue weighted by molar-refractivity contribution is 0.602. The van der Waals surface area contributed by atoms with Crippen molar-refractivity contribution < 1.29 is 8.42 Å². The molecular weight excluding hydrogens is 234 g/mol. The van der Waals surface area contributed by atoms with Crippen molar-refractivity contribution in [1.29, 1.82) is 0 Å². The minimum Gasteiger partial charge on any atom is -0.311 e. The maximum atomic E-state index is 11.3. The molecule has 17 heavy (non-hydrogen) atoms. The maximum Gasteiger partial charge on any atom is 0.175 e. The second-order valence-electron chi connectivity index (χ2n) is 4.40. The number of hydrogen-bond donors (Lipinski definition) is 1. The molecule has 1 aromatic carbocycles. The molecule has 4 heteroatoms. The zero-order valence-corrected chi connectivity index (χ0v) is 10.7. The van der Waals surface area contributed by atoms with Crippen LogP contribution in [0, 0.1) is 0 Å². The molecule has 0 amide bonds. The van der Waals surface area contributed by atoms with Crippen molar-refractivity contribution in [3.63, 3.8) is 0 Å². The Kier molecular flexibility index (Phi) is 3.64. The van der Waals surface area contributed by atoms with E-state index in [-0.39, 0.29) is 0 Å². The van der Waals surface area contributed by atoms with E-state index in [9.17, 15) is 8.42 Å². The molecule has 0 saturated carbocycles. The van der Waals surface area contributed by atoms with Crippen LogP contribution in [0.4, 0.5) is 0 Å². The van der Waals surface area contributed by atoms with E-state index in [1.54, 1.807) is 12.1 Å². The third-order valence-corrected chi connectivity index (χ3v) is 4.06. The van der Waals surface area contributed by atoms with E-state index in [1.807, 2.05) is 18.2 Å². The van der Waals surface area contributed by atoms with Crippen LogP contribution in [0.3, 0.4) is 0 Å². The van der Waals surface area contributed by atoms with Gasteiger partial charge in [0.25, 0.3) is 0 Å². The predicted molar refractivity (Wildman–Crippen MR) is 69.6 cm³/mol. The first kappa shape index (κ1) is 12.3. The van der Waals surface area contributed by atoms with E-state index >= 15 is 0 Å². The molecule has 0 spiro atoms. The van der Waals surface area contributed by atoms with Crippen molar-refractivity contribution in [3.05, 3.63) is 35.9 Å². The molecule has 1 aromatic rings. The Hall–Kier alpha value is -1.13. The molecule has 3 nitrogen and oxygen atoms in total. The van der Waals surface area contributed by atoms with Gasteiger partial charge in [0, 0.05) is 12.3 Å². The molecule has 2 rings (SSSR count). The number of benzene rings is 1. The van der Waals surface area contributed by atoms with Crippen molar-refractivity contribution >= 4 is 15.9 Å². The Morgan fingerprint density at radius 1 is 1.29 bits per heavy atom. The van der Waals surface area contributed by atoms with E-state index in [2.05, 4.69) is 11.4 Å². The second kappa shape index (κ2) is 5.02. The van der Waals surface area contributed by atoms with Crippen LogP contribution >= 0.6 is 0 Å². The van der Waals surface area contributed by atoms with E-state index < -0.39 is 9.84 Å². The summed E-state index contributed by atoms with van der Waals surface area (Å²) in [5.41, 5.74) is 1.03. The van der Waals surface area contributed by atoms with Gasteiger partial charge in [-0.05, 0) is 37.1 Å². The van der Waals surface area contributed by atoms with Gasteiger partial charge in [0.2, 0.25) is 0 Å². The highest BCUT2D eigenvalue weighted by molar-refractivity contribution is 7.90.